The van der Waals surface area contributed by atoms with E-state index in [9.17, 15) is 13.6 Å². The standard InChI is InChI=1S/C12H9ClO3S2/c13-11-5-8(7-18(15)16)1-2-10(11)12(14)9-3-4-17-6-9/h1-6H,7H2,(H,15,16)/p-1. The summed E-state index contributed by atoms with van der Waals surface area (Å²) in [5, 5.41) is 3.84. The van der Waals surface area contributed by atoms with Crippen LogP contribution in [0.4, 0.5) is 0 Å². The highest BCUT2D eigenvalue weighted by molar-refractivity contribution is 7.78. The maximum atomic E-state index is 12.1. The molecular formula is C12H8ClO3S2-. The fraction of sp³-hybridized carbons (Fsp3) is 0.0833. The predicted octanol–water partition coefficient (Wildman–Crippen LogP) is 3.01. The number of halogens is 1. The minimum absolute atomic E-state index is 0.105. The van der Waals surface area contributed by atoms with E-state index >= 15 is 0 Å². The zero-order chi connectivity index (χ0) is 13.1. The molecule has 0 spiro atoms. The van der Waals surface area contributed by atoms with Crippen LogP contribution in [0.2, 0.25) is 5.02 Å². The molecule has 18 heavy (non-hydrogen) atoms. The molecule has 0 aliphatic rings. The molecule has 0 radical (unpaired) electrons. The lowest BCUT2D eigenvalue weighted by molar-refractivity contribution is 0.103. The fourth-order valence-corrected chi connectivity index (χ4v) is 2.89. The van der Waals surface area contributed by atoms with Crippen molar-refractivity contribution >= 4 is 39.8 Å². The summed E-state index contributed by atoms with van der Waals surface area (Å²) >= 11 is 5.28. The number of benzene rings is 1. The van der Waals surface area contributed by atoms with Crippen molar-refractivity contribution in [1.82, 2.24) is 0 Å². The van der Waals surface area contributed by atoms with E-state index in [-0.39, 0.29) is 16.6 Å². The minimum atomic E-state index is -2.16. The summed E-state index contributed by atoms with van der Waals surface area (Å²) in [4.78, 5) is 12.1. The summed E-state index contributed by atoms with van der Waals surface area (Å²) in [5.41, 5.74) is 1.53. The molecule has 1 unspecified atom stereocenters. The van der Waals surface area contributed by atoms with E-state index in [1.165, 1.54) is 17.4 Å². The van der Waals surface area contributed by atoms with Crippen LogP contribution in [-0.4, -0.2) is 14.5 Å². The minimum Gasteiger partial charge on any atom is -0.772 e. The topological polar surface area (TPSA) is 57.2 Å². The normalized spacial score (nSPS) is 12.3. The van der Waals surface area contributed by atoms with Crippen molar-refractivity contribution in [3.05, 3.63) is 56.7 Å². The highest BCUT2D eigenvalue weighted by atomic mass is 35.5. The van der Waals surface area contributed by atoms with E-state index in [0.29, 0.717) is 16.7 Å². The lowest BCUT2D eigenvalue weighted by Gasteiger charge is -2.07. The maximum Gasteiger partial charge on any atom is 0.195 e. The Morgan fingerprint density at radius 3 is 2.72 bits per heavy atom. The molecule has 6 heteroatoms. The van der Waals surface area contributed by atoms with Gasteiger partial charge >= 0.3 is 0 Å². The highest BCUT2D eigenvalue weighted by Gasteiger charge is 2.13. The summed E-state index contributed by atoms with van der Waals surface area (Å²) in [6.45, 7) is 0. The van der Waals surface area contributed by atoms with Crippen LogP contribution in [0.3, 0.4) is 0 Å². The number of ketones is 1. The average Bonchev–Trinajstić information content (AvgIpc) is 2.80. The molecule has 94 valence electrons. The van der Waals surface area contributed by atoms with Gasteiger partial charge in [-0.15, -0.1) is 0 Å². The second kappa shape index (κ2) is 5.75. The van der Waals surface area contributed by atoms with Crippen LogP contribution in [-0.2, 0) is 16.8 Å². The number of thiophene rings is 1. The SMILES string of the molecule is O=C(c1ccsc1)c1ccc(CS(=O)[O-])cc1Cl. The van der Waals surface area contributed by atoms with Gasteiger partial charge in [0.1, 0.15) is 0 Å². The number of carbonyl (C=O) groups excluding carboxylic acids is 1. The average molecular weight is 300 g/mol. The van der Waals surface area contributed by atoms with E-state index < -0.39 is 11.1 Å². The van der Waals surface area contributed by atoms with E-state index in [0.717, 1.165) is 0 Å². The first kappa shape index (κ1) is 13.4. The van der Waals surface area contributed by atoms with Crippen LogP contribution >= 0.6 is 22.9 Å². The monoisotopic (exact) mass is 299 g/mol. The third-order valence-corrected chi connectivity index (χ3v) is 3.91. The molecule has 1 aromatic heterocycles. The van der Waals surface area contributed by atoms with Gasteiger partial charge in [0.2, 0.25) is 0 Å². The Morgan fingerprint density at radius 2 is 2.17 bits per heavy atom. The molecule has 0 N–H and O–H groups in total. The van der Waals surface area contributed by atoms with Gasteiger partial charge in [0.25, 0.3) is 0 Å². The maximum absolute atomic E-state index is 12.1. The van der Waals surface area contributed by atoms with Gasteiger partial charge in [0.15, 0.2) is 5.78 Å². The Bertz CT molecular complexity index is 593. The lowest BCUT2D eigenvalue weighted by atomic mass is 10.0. The molecule has 0 amide bonds. The van der Waals surface area contributed by atoms with Crippen molar-refractivity contribution in [3.8, 4) is 0 Å². The summed E-state index contributed by atoms with van der Waals surface area (Å²) in [5.74, 6) is -0.261. The van der Waals surface area contributed by atoms with Gasteiger partial charge < -0.3 is 4.55 Å². The smallest absolute Gasteiger partial charge is 0.195 e. The summed E-state index contributed by atoms with van der Waals surface area (Å²) in [6.07, 6.45) is 0. The van der Waals surface area contributed by atoms with Crippen molar-refractivity contribution in [1.29, 1.82) is 0 Å². The van der Waals surface area contributed by atoms with Crippen LogP contribution in [0, 0.1) is 0 Å². The molecule has 1 atom stereocenters. The third-order valence-electron chi connectivity index (χ3n) is 2.35. The van der Waals surface area contributed by atoms with Crippen LogP contribution in [0.1, 0.15) is 21.5 Å². The quantitative estimate of drug-likeness (QED) is 0.644. The van der Waals surface area contributed by atoms with Gasteiger partial charge in [0.05, 0.1) is 5.02 Å². The van der Waals surface area contributed by atoms with E-state index in [1.54, 1.807) is 23.6 Å². The van der Waals surface area contributed by atoms with Gasteiger partial charge in [0, 0.05) is 22.3 Å². The third kappa shape index (κ3) is 3.05. The van der Waals surface area contributed by atoms with Crippen LogP contribution in [0.5, 0.6) is 0 Å². The van der Waals surface area contributed by atoms with Crippen LogP contribution < -0.4 is 0 Å². The highest BCUT2D eigenvalue weighted by Crippen LogP contribution is 2.22. The Labute approximate surface area is 116 Å². The summed E-state index contributed by atoms with van der Waals surface area (Å²) in [7, 11) is 0. The molecule has 1 heterocycles. The Hall–Kier alpha value is -1.01. The van der Waals surface area contributed by atoms with Gasteiger partial charge in [-0.05, 0) is 29.1 Å². The van der Waals surface area contributed by atoms with E-state index in [1.807, 2.05) is 5.38 Å². The summed E-state index contributed by atoms with van der Waals surface area (Å²) in [6, 6.07) is 6.40. The zero-order valence-corrected chi connectivity index (χ0v) is 11.5. The van der Waals surface area contributed by atoms with Crippen LogP contribution in [0.15, 0.2) is 35.0 Å². The van der Waals surface area contributed by atoms with Crippen molar-refractivity contribution in [3.63, 3.8) is 0 Å². The van der Waals surface area contributed by atoms with E-state index in [2.05, 4.69) is 0 Å². The molecule has 3 nitrogen and oxygen atoms in total. The second-order valence-corrected chi connectivity index (χ2v) is 5.69. The van der Waals surface area contributed by atoms with Crippen molar-refractivity contribution < 1.29 is 13.6 Å². The zero-order valence-electron chi connectivity index (χ0n) is 9.09. The molecule has 2 rings (SSSR count). The fourth-order valence-electron chi connectivity index (χ4n) is 1.52. The first-order chi connectivity index (χ1) is 8.58. The number of hydrogen-bond acceptors (Lipinski definition) is 4. The molecule has 0 saturated carbocycles. The molecule has 1 aromatic carbocycles. The Kier molecular flexibility index (Phi) is 4.29. The molecule has 0 saturated heterocycles. The molecule has 2 aromatic rings. The molecule has 0 fully saturated rings. The predicted molar refractivity (Wildman–Crippen MR) is 71.8 cm³/mol. The Morgan fingerprint density at radius 1 is 1.39 bits per heavy atom. The van der Waals surface area contributed by atoms with Gasteiger partial charge in [-0.1, -0.05) is 28.7 Å². The van der Waals surface area contributed by atoms with Gasteiger partial charge in [-0.25, -0.2) is 0 Å². The van der Waals surface area contributed by atoms with Crippen molar-refractivity contribution in [2.75, 3.05) is 0 Å². The van der Waals surface area contributed by atoms with Crippen molar-refractivity contribution in [2.45, 2.75) is 5.75 Å². The number of carbonyl (C=O) groups is 1. The largest absolute Gasteiger partial charge is 0.772 e. The second-order valence-electron chi connectivity index (χ2n) is 3.60. The van der Waals surface area contributed by atoms with Gasteiger partial charge in [-0.2, -0.15) is 11.3 Å². The lowest BCUT2D eigenvalue weighted by Crippen LogP contribution is -2.02. The van der Waals surface area contributed by atoms with E-state index in [4.69, 9.17) is 11.6 Å². The molecule has 0 aliphatic carbocycles. The van der Waals surface area contributed by atoms with Crippen molar-refractivity contribution in [2.24, 2.45) is 0 Å². The first-order valence-electron chi connectivity index (χ1n) is 4.99. The first-order valence-corrected chi connectivity index (χ1v) is 7.55. The number of rotatable bonds is 4. The van der Waals surface area contributed by atoms with Gasteiger partial charge in [-0.3, -0.25) is 9.00 Å². The molecule has 0 aliphatic heterocycles. The number of hydrogen-bond donors (Lipinski definition) is 0. The molecule has 0 bridgehead atoms. The van der Waals surface area contributed by atoms with Crippen LogP contribution in [0.25, 0.3) is 0 Å². The molecular weight excluding hydrogens is 292 g/mol. The Balaban J connectivity index is 2.30. The summed E-state index contributed by atoms with van der Waals surface area (Å²) < 4.78 is 21.2.